The number of halogens is 1. The van der Waals surface area contributed by atoms with Gasteiger partial charge < -0.3 is 21.7 Å². The molecule has 0 aliphatic carbocycles. The number of aromatic nitrogens is 1. The van der Waals surface area contributed by atoms with Gasteiger partial charge in [-0.1, -0.05) is 0 Å². The number of rotatable bonds is 1. The van der Waals surface area contributed by atoms with Crippen molar-refractivity contribution in [1.29, 1.82) is 0 Å². The first-order chi connectivity index (χ1) is 4.84. The van der Waals surface area contributed by atoms with E-state index in [4.69, 9.17) is 0 Å². The molecule has 0 saturated heterocycles. The molecular weight excluding hydrogens is 210 g/mol. The van der Waals surface area contributed by atoms with Gasteiger partial charge in [0.05, 0.1) is 7.11 Å². The van der Waals surface area contributed by atoms with Crippen molar-refractivity contribution in [1.82, 2.24) is 0 Å². The van der Waals surface area contributed by atoms with Crippen molar-refractivity contribution in [3.05, 3.63) is 30.1 Å². The van der Waals surface area contributed by atoms with Gasteiger partial charge in [0, 0.05) is 6.07 Å². The Hall–Kier alpha value is -0.900. The summed E-state index contributed by atoms with van der Waals surface area (Å²) >= 11 is 0. The quantitative estimate of drug-likeness (QED) is 0.481. The van der Waals surface area contributed by atoms with Gasteiger partial charge in [0.15, 0.2) is 12.4 Å². The van der Waals surface area contributed by atoms with Crippen LogP contribution in [0.2, 0.25) is 0 Å². The van der Waals surface area contributed by atoms with Gasteiger partial charge in [-0.2, -0.15) is 0 Å². The predicted molar refractivity (Wildman–Crippen MR) is 34.3 cm³/mol. The van der Waals surface area contributed by atoms with Gasteiger partial charge in [-0.15, -0.1) is 0 Å². The molecule has 0 atom stereocenters. The van der Waals surface area contributed by atoms with Crippen LogP contribution in [0.15, 0.2) is 24.5 Å². The highest BCUT2D eigenvalue weighted by atomic mass is 79.9. The number of H-pyrrole nitrogens is 1. The smallest absolute Gasteiger partial charge is 0.343 e. The van der Waals surface area contributed by atoms with Gasteiger partial charge in [-0.3, -0.25) is 0 Å². The maximum Gasteiger partial charge on any atom is 0.343 e. The number of carbonyl (C=O) groups excluding carboxylic acids is 1. The SMILES string of the molecule is COC(=O)c1ccc[nH+]c1.[Br-]. The lowest BCUT2D eigenvalue weighted by Gasteiger charge is -1.92. The fourth-order valence-corrected chi connectivity index (χ4v) is 0.638. The third-order valence-corrected chi connectivity index (χ3v) is 1.13. The number of hydrogen-bond donors (Lipinski definition) is 0. The van der Waals surface area contributed by atoms with E-state index >= 15 is 0 Å². The van der Waals surface area contributed by atoms with Crippen LogP contribution in [0.3, 0.4) is 0 Å². The molecule has 0 fully saturated rings. The molecule has 0 aromatic carbocycles. The molecule has 11 heavy (non-hydrogen) atoms. The average Bonchev–Trinajstić information content (AvgIpc) is 2.05. The summed E-state index contributed by atoms with van der Waals surface area (Å²) in [5.41, 5.74) is 0.532. The summed E-state index contributed by atoms with van der Waals surface area (Å²) in [7, 11) is 1.36. The summed E-state index contributed by atoms with van der Waals surface area (Å²) < 4.78 is 4.48. The molecule has 0 saturated carbocycles. The third-order valence-electron chi connectivity index (χ3n) is 1.13. The van der Waals surface area contributed by atoms with E-state index in [1.807, 2.05) is 0 Å². The van der Waals surface area contributed by atoms with Crippen molar-refractivity contribution in [2.75, 3.05) is 7.11 Å². The summed E-state index contributed by atoms with van der Waals surface area (Å²) in [6.07, 6.45) is 3.32. The minimum Gasteiger partial charge on any atom is -1.00 e. The van der Waals surface area contributed by atoms with Crippen molar-refractivity contribution in [2.24, 2.45) is 0 Å². The maximum atomic E-state index is 10.8. The van der Waals surface area contributed by atoms with E-state index in [1.54, 1.807) is 24.5 Å². The number of pyridine rings is 1. The Labute approximate surface area is 75.2 Å². The molecular formula is C7H8BrNO2. The van der Waals surface area contributed by atoms with Gasteiger partial charge in [0.1, 0.15) is 5.56 Å². The van der Waals surface area contributed by atoms with Crippen LogP contribution >= 0.6 is 0 Å². The average molecular weight is 218 g/mol. The highest BCUT2D eigenvalue weighted by molar-refractivity contribution is 5.88. The third kappa shape index (κ3) is 2.67. The number of hydrogen-bond acceptors (Lipinski definition) is 2. The minimum absolute atomic E-state index is 0. The Kier molecular flexibility index (Phi) is 4.45. The van der Waals surface area contributed by atoms with Crippen molar-refractivity contribution >= 4 is 5.97 Å². The first-order valence-electron chi connectivity index (χ1n) is 2.89. The Bertz CT molecular complexity index is 225. The summed E-state index contributed by atoms with van der Waals surface area (Å²) in [6, 6.07) is 3.43. The zero-order chi connectivity index (χ0) is 7.40. The second-order valence-corrected chi connectivity index (χ2v) is 1.78. The highest BCUT2D eigenvalue weighted by Gasteiger charge is 2.04. The van der Waals surface area contributed by atoms with Crippen LogP contribution in [0, 0.1) is 0 Å². The number of esters is 1. The van der Waals surface area contributed by atoms with Crippen LogP contribution in [-0.2, 0) is 4.74 Å². The standard InChI is InChI=1S/C7H7NO2.BrH/c1-10-7(9)6-3-2-4-8-5-6;/h2-5H,1H3;1H. The van der Waals surface area contributed by atoms with Crippen molar-refractivity contribution in [3.63, 3.8) is 0 Å². The molecule has 0 amide bonds. The monoisotopic (exact) mass is 217 g/mol. The molecule has 0 radical (unpaired) electrons. The van der Waals surface area contributed by atoms with Gasteiger partial charge in [0.25, 0.3) is 0 Å². The topological polar surface area (TPSA) is 40.4 Å². The first kappa shape index (κ1) is 10.1. The highest BCUT2D eigenvalue weighted by Crippen LogP contribution is 1.94. The van der Waals surface area contributed by atoms with Gasteiger partial charge in [0.2, 0.25) is 0 Å². The molecule has 0 unspecified atom stereocenters. The van der Waals surface area contributed by atoms with E-state index in [0.717, 1.165) is 0 Å². The Morgan fingerprint density at radius 2 is 2.36 bits per heavy atom. The summed E-state index contributed by atoms with van der Waals surface area (Å²) in [4.78, 5) is 13.5. The van der Waals surface area contributed by atoms with Crippen LogP contribution < -0.4 is 22.0 Å². The van der Waals surface area contributed by atoms with E-state index in [9.17, 15) is 4.79 Å². The molecule has 1 heterocycles. The summed E-state index contributed by atoms with van der Waals surface area (Å²) in [5, 5.41) is 0. The van der Waals surface area contributed by atoms with E-state index < -0.39 is 0 Å². The zero-order valence-electron chi connectivity index (χ0n) is 6.00. The predicted octanol–water partition coefficient (Wildman–Crippen LogP) is -2.71. The number of methoxy groups -OCH3 is 1. The van der Waals surface area contributed by atoms with Crippen LogP contribution in [0.4, 0.5) is 0 Å². The van der Waals surface area contributed by atoms with Crippen molar-refractivity contribution < 1.29 is 31.5 Å². The molecule has 60 valence electrons. The summed E-state index contributed by atoms with van der Waals surface area (Å²) in [6.45, 7) is 0. The van der Waals surface area contributed by atoms with Gasteiger partial charge in [-0.25, -0.2) is 9.78 Å². The molecule has 0 bridgehead atoms. The minimum atomic E-state index is -0.322. The number of nitrogens with one attached hydrogen (secondary N) is 1. The molecule has 1 aromatic heterocycles. The normalized spacial score (nSPS) is 8.09. The number of aromatic amines is 1. The van der Waals surface area contributed by atoms with Gasteiger partial charge in [-0.05, 0) is 6.07 Å². The van der Waals surface area contributed by atoms with E-state index in [0.29, 0.717) is 5.56 Å². The Morgan fingerprint density at radius 3 is 2.82 bits per heavy atom. The molecule has 0 aliphatic rings. The van der Waals surface area contributed by atoms with Gasteiger partial charge >= 0.3 is 5.97 Å². The van der Waals surface area contributed by atoms with Crippen LogP contribution in [-0.4, -0.2) is 13.1 Å². The van der Waals surface area contributed by atoms with E-state index in [1.165, 1.54) is 7.11 Å². The molecule has 4 heteroatoms. The van der Waals surface area contributed by atoms with E-state index in [2.05, 4.69) is 9.72 Å². The lowest BCUT2D eigenvalue weighted by molar-refractivity contribution is -0.378. The largest absolute Gasteiger partial charge is 1.00 e. The maximum absolute atomic E-state index is 10.8. The molecule has 1 N–H and O–H groups in total. The van der Waals surface area contributed by atoms with Crippen molar-refractivity contribution in [2.45, 2.75) is 0 Å². The fraction of sp³-hybridized carbons (Fsp3) is 0.143. The molecule has 1 rings (SSSR count). The van der Waals surface area contributed by atoms with E-state index in [-0.39, 0.29) is 23.0 Å². The number of carbonyl (C=O) groups is 1. The Balaban J connectivity index is 0.000001000. The molecule has 3 nitrogen and oxygen atoms in total. The van der Waals surface area contributed by atoms with Crippen molar-refractivity contribution in [3.8, 4) is 0 Å². The fourth-order valence-electron chi connectivity index (χ4n) is 0.638. The number of ether oxygens (including phenoxy) is 1. The molecule has 0 spiro atoms. The zero-order valence-corrected chi connectivity index (χ0v) is 7.59. The summed E-state index contributed by atoms with van der Waals surface area (Å²) in [5.74, 6) is -0.322. The second-order valence-electron chi connectivity index (χ2n) is 1.78. The first-order valence-corrected chi connectivity index (χ1v) is 2.89. The molecule has 1 aromatic rings. The Morgan fingerprint density at radius 1 is 1.64 bits per heavy atom. The van der Waals surface area contributed by atoms with Crippen LogP contribution in [0.1, 0.15) is 10.4 Å². The molecule has 0 aliphatic heterocycles. The second kappa shape index (κ2) is 4.85. The lowest BCUT2D eigenvalue weighted by atomic mass is 10.3. The lowest BCUT2D eigenvalue weighted by Crippen LogP contribution is -3.00. The van der Waals surface area contributed by atoms with Crippen LogP contribution in [0.5, 0.6) is 0 Å². The van der Waals surface area contributed by atoms with Crippen LogP contribution in [0.25, 0.3) is 0 Å².